The third-order valence-corrected chi connectivity index (χ3v) is 8.54. The van der Waals surface area contributed by atoms with Gasteiger partial charge >= 0.3 is 0 Å². The topological polar surface area (TPSA) is 73.8 Å². The van der Waals surface area contributed by atoms with Crippen molar-refractivity contribution >= 4 is 42.6 Å². The van der Waals surface area contributed by atoms with Gasteiger partial charge in [-0.2, -0.15) is 4.31 Å². The largest absolute Gasteiger partial charge is 0.308 e. The van der Waals surface area contributed by atoms with E-state index < -0.39 is 10.0 Å². The summed E-state index contributed by atoms with van der Waals surface area (Å²) in [4.78, 5) is 22.1. The third kappa shape index (κ3) is 4.71. The molecule has 0 N–H and O–H groups in total. The Bertz CT molecular complexity index is 1210. The Kier molecular flexibility index (Phi) is 6.62. The fourth-order valence-corrected chi connectivity index (χ4v) is 6.33. The summed E-state index contributed by atoms with van der Waals surface area (Å²) in [5.41, 5.74) is 2.46. The van der Waals surface area contributed by atoms with E-state index in [2.05, 4.69) is 6.07 Å². The molecule has 0 spiro atoms. The van der Waals surface area contributed by atoms with E-state index >= 15 is 0 Å². The Balaban J connectivity index is 1.63. The van der Waals surface area contributed by atoms with Crippen LogP contribution < -0.4 is 4.90 Å². The number of aryl methyl sites for hydroxylation is 1. The van der Waals surface area contributed by atoms with Crippen molar-refractivity contribution < 1.29 is 13.2 Å². The van der Waals surface area contributed by atoms with Crippen molar-refractivity contribution in [3.63, 3.8) is 0 Å². The smallest absolute Gasteiger partial charge is 0.260 e. The quantitative estimate of drug-likeness (QED) is 0.525. The van der Waals surface area contributed by atoms with E-state index in [0.717, 1.165) is 28.6 Å². The first-order chi connectivity index (χ1) is 15.3. The third-order valence-electron chi connectivity index (χ3n) is 5.58. The summed E-state index contributed by atoms with van der Waals surface area (Å²) in [7, 11) is 0.416. The highest BCUT2D eigenvalue weighted by atomic mass is 32.2. The Morgan fingerprint density at radius 1 is 1.06 bits per heavy atom. The number of thiazole rings is 1. The van der Waals surface area contributed by atoms with Crippen molar-refractivity contribution in [3.05, 3.63) is 53.6 Å². The lowest BCUT2D eigenvalue weighted by Gasteiger charge is -2.22. The number of fused-ring (bicyclic) bond motifs is 1. The van der Waals surface area contributed by atoms with E-state index in [1.807, 2.05) is 38.1 Å². The molecule has 170 valence electrons. The summed E-state index contributed by atoms with van der Waals surface area (Å²) in [6.45, 7) is 4.31. The second-order valence-corrected chi connectivity index (χ2v) is 11.3. The van der Waals surface area contributed by atoms with Gasteiger partial charge in [-0.25, -0.2) is 13.4 Å². The van der Waals surface area contributed by atoms with Gasteiger partial charge in [0.1, 0.15) is 0 Å². The molecule has 1 aliphatic rings. The number of aromatic nitrogens is 1. The molecule has 0 saturated carbocycles. The molecule has 0 atom stereocenters. The number of anilines is 1. The number of nitrogens with zero attached hydrogens (tertiary/aromatic N) is 4. The van der Waals surface area contributed by atoms with E-state index in [9.17, 15) is 13.2 Å². The van der Waals surface area contributed by atoms with Crippen molar-refractivity contribution in [1.29, 1.82) is 0 Å². The van der Waals surface area contributed by atoms with Gasteiger partial charge in [0.05, 0.1) is 15.1 Å². The number of rotatable bonds is 7. The van der Waals surface area contributed by atoms with Crippen LogP contribution in [0.1, 0.15) is 28.8 Å². The molecule has 0 radical (unpaired) electrons. The normalized spacial score (nSPS) is 15.0. The number of hydrogen-bond donors (Lipinski definition) is 0. The number of benzene rings is 2. The first-order valence-electron chi connectivity index (χ1n) is 10.7. The Hall–Kier alpha value is -2.33. The summed E-state index contributed by atoms with van der Waals surface area (Å²) in [6, 6.07) is 12.3. The van der Waals surface area contributed by atoms with Gasteiger partial charge in [-0.15, -0.1) is 0 Å². The van der Waals surface area contributed by atoms with Crippen LogP contribution in [-0.4, -0.2) is 68.8 Å². The summed E-state index contributed by atoms with van der Waals surface area (Å²) in [6.07, 6.45) is 1.77. The van der Waals surface area contributed by atoms with Crippen molar-refractivity contribution in [1.82, 2.24) is 14.2 Å². The standard InChI is InChI=1S/C23H28N4O3S2/c1-17-6-11-20-21(16-17)31-23(24-20)27(15-14-25(2)3)22(28)18-7-9-19(10-8-18)32(29,30)26-12-4-5-13-26/h6-11,16H,4-5,12-15H2,1-3H3. The van der Waals surface area contributed by atoms with Gasteiger partial charge in [0.15, 0.2) is 5.13 Å². The van der Waals surface area contributed by atoms with Crippen LogP contribution in [0.15, 0.2) is 47.4 Å². The maximum absolute atomic E-state index is 13.4. The molecule has 0 aliphatic carbocycles. The number of carbonyl (C=O) groups excluding carboxylic acids is 1. The molecule has 3 aromatic rings. The van der Waals surface area contributed by atoms with Crippen LogP contribution in [0.2, 0.25) is 0 Å². The first-order valence-corrected chi connectivity index (χ1v) is 13.0. The van der Waals surface area contributed by atoms with Crippen LogP contribution in [0, 0.1) is 6.92 Å². The number of sulfonamides is 1. The summed E-state index contributed by atoms with van der Waals surface area (Å²) in [5.74, 6) is -0.187. The number of amides is 1. The van der Waals surface area contributed by atoms with Gasteiger partial charge in [-0.1, -0.05) is 17.4 Å². The molecular formula is C23H28N4O3S2. The van der Waals surface area contributed by atoms with Crippen LogP contribution in [-0.2, 0) is 10.0 Å². The Morgan fingerprint density at radius 3 is 2.41 bits per heavy atom. The average Bonchev–Trinajstić information content (AvgIpc) is 3.44. The van der Waals surface area contributed by atoms with E-state index in [0.29, 0.717) is 36.9 Å². The fourth-order valence-electron chi connectivity index (χ4n) is 3.72. The van der Waals surface area contributed by atoms with Crippen LogP contribution in [0.25, 0.3) is 10.2 Å². The van der Waals surface area contributed by atoms with Crippen LogP contribution in [0.4, 0.5) is 5.13 Å². The van der Waals surface area contributed by atoms with Crippen molar-refractivity contribution in [3.8, 4) is 0 Å². The molecule has 1 aromatic heterocycles. The molecule has 9 heteroatoms. The van der Waals surface area contributed by atoms with Crippen LogP contribution in [0.3, 0.4) is 0 Å². The highest BCUT2D eigenvalue weighted by Gasteiger charge is 2.28. The van der Waals surface area contributed by atoms with Crippen LogP contribution in [0.5, 0.6) is 0 Å². The molecule has 2 heterocycles. The predicted octanol–water partition coefficient (Wildman–Crippen LogP) is 3.60. The van der Waals surface area contributed by atoms with Gasteiger partial charge in [0.2, 0.25) is 10.0 Å². The Morgan fingerprint density at radius 2 is 1.75 bits per heavy atom. The summed E-state index contributed by atoms with van der Waals surface area (Å²) < 4.78 is 28.1. The van der Waals surface area contributed by atoms with Crippen molar-refractivity contribution in [2.75, 3.05) is 45.2 Å². The van der Waals surface area contributed by atoms with Gasteiger partial charge in [-0.3, -0.25) is 9.69 Å². The van der Waals surface area contributed by atoms with Crippen LogP contribution >= 0.6 is 11.3 Å². The molecule has 1 saturated heterocycles. The highest BCUT2D eigenvalue weighted by molar-refractivity contribution is 7.89. The first kappa shape index (κ1) is 22.8. The van der Waals surface area contributed by atoms with Gasteiger partial charge in [-0.05, 0) is 75.8 Å². The number of hydrogen-bond acceptors (Lipinski definition) is 6. The second kappa shape index (κ2) is 9.27. The van der Waals surface area contributed by atoms with E-state index in [1.165, 1.54) is 27.8 Å². The van der Waals surface area contributed by atoms with Gasteiger partial charge in [0.25, 0.3) is 5.91 Å². The summed E-state index contributed by atoms with van der Waals surface area (Å²) >= 11 is 1.49. The lowest BCUT2D eigenvalue weighted by atomic mass is 10.2. The Labute approximate surface area is 193 Å². The minimum absolute atomic E-state index is 0.187. The molecule has 0 bridgehead atoms. The molecule has 1 fully saturated rings. The van der Waals surface area contributed by atoms with E-state index in [-0.39, 0.29) is 10.8 Å². The zero-order chi connectivity index (χ0) is 22.9. The van der Waals surface area contributed by atoms with E-state index in [1.54, 1.807) is 17.0 Å². The molecule has 1 amide bonds. The van der Waals surface area contributed by atoms with E-state index in [4.69, 9.17) is 4.98 Å². The fraction of sp³-hybridized carbons (Fsp3) is 0.391. The molecule has 2 aromatic carbocycles. The molecule has 4 rings (SSSR count). The van der Waals surface area contributed by atoms with Gasteiger partial charge in [0, 0.05) is 31.7 Å². The maximum Gasteiger partial charge on any atom is 0.260 e. The molecule has 1 aliphatic heterocycles. The minimum Gasteiger partial charge on any atom is -0.308 e. The molecular weight excluding hydrogens is 444 g/mol. The SMILES string of the molecule is Cc1ccc2nc(N(CCN(C)C)C(=O)c3ccc(S(=O)(=O)N4CCCC4)cc3)sc2c1. The van der Waals surface area contributed by atoms with Gasteiger partial charge < -0.3 is 4.90 Å². The monoisotopic (exact) mass is 472 g/mol. The molecule has 32 heavy (non-hydrogen) atoms. The molecule has 7 nitrogen and oxygen atoms in total. The minimum atomic E-state index is -3.50. The average molecular weight is 473 g/mol. The lowest BCUT2D eigenvalue weighted by Crippen LogP contribution is -2.36. The lowest BCUT2D eigenvalue weighted by molar-refractivity contribution is 0.0985. The second-order valence-electron chi connectivity index (χ2n) is 8.36. The van der Waals surface area contributed by atoms with Crippen molar-refractivity contribution in [2.45, 2.75) is 24.7 Å². The predicted molar refractivity (Wildman–Crippen MR) is 129 cm³/mol. The highest BCUT2D eigenvalue weighted by Crippen LogP contribution is 2.30. The number of likely N-dealkylation sites (N-methyl/N-ethyl adjacent to an activating group) is 1. The zero-order valence-electron chi connectivity index (χ0n) is 18.6. The zero-order valence-corrected chi connectivity index (χ0v) is 20.2. The maximum atomic E-state index is 13.4. The number of carbonyl (C=O) groups is 1. The molecule has 0 unspecified atom stereocenters. The van der Waals surface area contributed by atoms with Crippen molar-refractivity contribution in [2.24, 2.45) is 0 Å². The summed E-state index contributed by atoms with van der Waals surface area (Å²) in [5, 5.41) is 0.645.